The standard InChI is InChI=1S/C13H19FN2O2/c1-8(2)16-13(17)9(3)18-12-5-4-10(7-15)6-11(12)14/h4-6,8-9H,7,15H2,1-3H3,(H,16,17). The molecule has 100 valence electrons. The van der Waals surface area contributed by atoms with E-state index in [-0.39, 0.29) is 24.2 Å². The molecule has 0 saturated carbocycles. The lowest BCUT2D eigenvalue weighted by molar-refractivity contribution is -0.127. The van der Waals surface area contributed by atoms with Crippen LogP contribution in [0.3, 0.4) is 0 Å². The highest BCUT2D eigenvalue weighted by Gasteiger charge is 2.17. The fourth-order valence-corrected chi connectivity index (χ4v) is 1.41. The van der Waals surface area contributed by atoms with Gasteiger partial charge in [0.1, 0.15) is 0 Å². The Kier molecular flexibility index (Phi) is 5.09. The van der Waals surface area contributed by atoms with Crippen LogP contribution in [-0.2, 0) is 11.3 Å². The van der Waals surface area contributed by atoms with Gasteiger partial charge in [-0.25, -0.2) is 4.39 Å². The lowest BCUT2D eigenvalue weighted by atomic mass is 10.2. The molecule has 0 aromatic heterocycles. The van der Waals surface area contributed by atoms with Gasteiger partial charge in [0.2, 0.25) is 0 Å². The van der Waals surface area contributed by atoms with Crippen molar-refractivity contribution in [2.75, 3.05) is 0 Å². The number of benzene rings is 1. The Hall–Kier alpha value is -1.62. The van der Waals surface area contributed by atoms with E-state index in [4.69, 9.17) is 10.5 Å². The van der Waals surface area contributed by atoms with Gasteiger partial charge in [0.25, 0.3) is 5.91 Å². The molecule has 0 saturated heterocycles. The highest BCUT2D eigenvalue weighted by atomic mass is 19.1. The summed E-state index contributed by atoms with van der Waals surface area (Å²) >= 11 is 0. The third-order valence-corrected chi connectivity index (χ3v) is 2.34. The van der Waals surface area contributed by atoms with E-state index >= 15 is 0 Å². The highest BCUT2D eigenvalue weighted by Crippen LogP contribution is 2.19. The van der Waals surface area contributed by atoms with Crippen LogP contribution in [0.15, 0.2) is 18.2 Å². The van der Waals surface area contributed by atoms with Gasteiger partial charge in [-0.1, -0.05) is 6.07 Å². The van der Waals surface area contributed by atoms with Crippen molar-refractivity contribution in [2.24, 2.45) is 5.73 Å². The van der Waals surface area contributed by atoms with Gasteiger partial charge in [0.05, 0.1) is 0 Å². The zero-order chi connectivity index (χ0) is 13.7. The van der Waals surface area contributed by atoms with Crippen LogP contribution in [0.5, 0.6) is 5.75 Å². The van der Waals surface area contributed by atoms with Crippen LogP contribution in [0.1, 0.15) is 26.3 Å². The van der Waals surface area contributed by atoms with Crippen molar-refractivity contribution in [3.05, 3.63) is 29.6 Å². The molecule has 5 heteroatoms. The highest BCUT2D eigenvalue weighted by molar-refractivity contribution is 5.80. The zero-order valence-corrected chi connectivity index (χ0v) is 10.9. The summed E-state index contributed by atoms with van der Waals surface area (Å²) < 4.78 is 18.9. The first kappa shape index (κ1) is 14.4. The second-order valence-electron chi connectivity index (χ2n) is 4.39. The summed E-state index contributed by atoms with van der Waals surface area (Å²) in [5.41, 5.74) is 6.08. The number of nitrogens with one attached hydrogen (secondary N) is 1. The average molecular weight is 254 g/mol. The molecule has 0 aliphatic carbocycles. The molecule has 0 radical (unpaired) electrons. The number of carbonyl (C=O) groups excluding carboxylic acids is 1. The molecule has 1 unspecified atom stereocenters. The first-order chi connectivity index (χ1) is 8.43. The predicted molar refractivity (Wildman–Crippen MR) is 67.7 cm³/mol. The largest absolute Gasteiger partial charge is 0.478 e. The van der Waals surface area contributed by atoms with E-state index in [1.54, 1.807) is 13.0 Å². The van der Waals surface area contributed by atoms with Crippen LogP contribution in [0, 0.1) is 5.82 Å². The van der Waals surface area contributed by atoms with E-state index in [9.17, 15) is 9.18 Å². The van der Waals surface area contributed by atoms with Gasteiger partial charge in [-0.15, -0.1) is 0 Å². The number of rotatable bonds is 5. The number of hydrogen-bond acceptors (Lipinski definition) is 3. The molecule has 0 aliphatic rings. The molecule has 0 fully saturated rings. The number of ether oxygens (including phenoxy) is 1. The monoisotopic (exact) mass is 254 g/mol. The first-order valence-electron chi connectivity index (χ1n) is 5.89. The molecular weight excluding hydrogens is 235 g/mol. The Morgan fingerprint density at radius 3 is 2.61 bits per heavy atom. The number of nitrogens with two attached hydrogens (primary N) is 1. The van der Waals surface area contributed by atoms with Crippen LogP contribution in [-0.4, -0.2) is 18.1 Å². The van der Waals surface area contributed by atoms with E-state index in [1.807, 2.05) is 13.8 Å². The van der Waals surface area contributed by atoms with Crippen LogP contribution < -0.4 is 15.8 Å². The number of carbonyl (C=O) groups is 1. The maximum atomic E-state index is 13.6. The van der Waals surface area contributed by atoms with E-state index in [0.29, 0.717) is 5.56 Å². The number of hydrogen-bond donors (Lipinski definition) is 2. The maximum Gasteiger partial charge on any atom is 0.260 e. The van der Waals surface area contributed by atoms with Gasteiger partial charge in [-0.2, -0.15) is 0 Å². The number of halogens is 1. The Morgan fingerprint density at radius 1 is 1.44 bits per heavy atom. The van der Waals surface area contributed by atoms with E-state index < -0.39 is 11.9 Å². The van der Waals surface area contributed by atoms with Crippen molar-refractivity contribution in [2.45, 2.75) is 39.5 Å². The van der Waals surface area contributed by atoms with Crippen LogP contribution in [0.4, 0.5) is 4.39 Å². The van der Waals surface area contributed by atoms with E-state index in [0.717, 1.165) is 0 Å². The van der Waals surface area contributed by atoms with Crippen LogP contribution in [0.25, 0.3) is 0 Å². The lowest BCUT2D eigenvalue weighted by Crippen LogP contribution is -2.40. The molecule has 0 heterocycles. The molecule has 1 atom stereocenters. The summed E-state index contributed by atoms with van der Waals surface area (Å²) in [5.74, 6) is -0.729. The van der Waals surface area contributed by atoms with Crippen molar-refractivity contribution in [3.8, 4) is 5.75 Å². The van der Waals surface area contributed by atoms with Crippen molar-refractivity contribution >= 4 is 5.91 Å². The Labute approximate surface area is 106 Å². The summed E-state index contributed by atoms with van der Waals surface area (Å²) in [6, 6.07) is 4.48. The molecule has 0 spiro atoms. The summed E-state index contributed by atoms with van der Waals surface area (Å²) in [7, 11) is 0. The van der Waals surface area contributed by atoms with Gasteiger partial charge >= 0.3 is 0 Å². The molecule has 1 aromatic carbocycles. The molecule has 0 bridgehead atoms. The van der Waals surface area contributed by atoms with E-state index in [2.05, 4.69) is 5.32 Å². The second kappa shape index (κ2) is 6.35. The van der Waals surface area contributed by atoms with E-state index in [1.165, 1.54) is 12.1 Å². The van der Waals surface area contributed by atoms with Gasteiger partial charge in [-0.3, -0.25) is 4.79 Å². The van der Waals surface area contributed by atoms with Crippen LogP contribution in [0.2, 0.25) is 0 Å². The zero-order valence-electron chi connectivity index (χ0n) is 10.9. The molecule has 4 nitrogen and oxygen atoms in total. The Bertz CT molecular complexity index is 421. The van der Waals surface area contributed by atoms with Crippen molar-refractivity contribution in [3.63, 3.8) is 0 Å². The van der Waals surface area contributed by atoms with Gasteiger partial charge in [0.15, 0.2) is 17.7 Å². The molecule has 1 amide bonds. The summed E-state index contributed by atoms with van der Waals surface area (Å²) in [4.78, 5) is 11.6. The van der Waals surface area contributed by atoms with Gasteiger partial charge in [0, 0.05) is 12.6 Å². The smallest absolute Gasteiger partial charge is 0.260 e. The third kappa shape index (κ3) is 4.00. The molecule has 3 N–H and O–H groups in total. The SMILES string of the molecule is CC(C)NC(=O)C(C)Oc1ccc(CN)cc1F. The molecule has 1 rings (SSSR count). The third-order valence-electron chi connectivity index (χ3n) is 2.34. The Morgan fingerprint density at radius 2 is 2.11 bits per heavy atom. The van der Waals surface area contributed by atoms with Crippen molar-refractivity contribution < 1.29 is 13.9 Å². The van der Waals surface area contributed by atoms with Gasteiger partial charge < -0.3 is 15.8 Å². The fraction of sp³-hybridized carbons (Fsp3) is 0.462. The summed E-state index contributed by atoms with van der Waals surface area (Å²) in [6.07, 6.45) is -0.745. The van der Waals surface area contributed by atoms with Gasteiger partial charge in [-0.05, 0) is 38.5 Å². The minimum atomic E-state index is -0.745. The van der Waals surface area contributed by atoms with Crippen molar-refractivity contribution in [1.82, 2.24) is 5.32 Å². The topological polar surface area (TPSA) is 64.3 Å². The molecular formula is C13H19FN2O2. The second-order valence-corrected chi connectivity index (χ2v) is 4.39. The molecule has 1 aromatic rings. The quantitative estimate of drug-likeness (QED) is 0.838. The predicted octanol–water partition coefficient (Wildman–Crippen LogP) is 1.58. The summed E-state index contributed by atoms with van der Waals surface area (Å²) in [6.45, 7) is 5.54. The fourth-order valence-electron chi connectivity index (χ4n) is 1.41. The number of amides is 1. The molecule has 0 aliphatic heterocycles. The lowest BCUT2D eigenvalue weighted by Gasteiger charge is -2.17. The first-order valence-corrected chi connectivity index (χ1v) is 5.89. The normalized spacial score (nSPS) is 12.3. The summed E-state index contributed by atoms with van der Waals surface area (Å²) in [5, 5.41) is 2.70. The minimum Gasteiger partial charge on any atom is -0.478 e. The Balaban J connectivity index is 2.69. The van der Waals surface area contributed by atoms with Crippen LogP contribution >= 0.6 is 0 Å². The minimum absolute atomic E-state index is 0.0213. The average Bonchev–Trinajstić information content (AvgIpc) is 2.30. The molecule has 18 heavy (non-hydrogen) atoms. The maximum absolute atomic E-state index is 13.6. The van der Waals surface area contributed by atoms with Crippen molar-refractivity contribution in [1.29, 1.82) is 0 Å².